The highest BCUT2D eigenvalue weighted by atomic mass is 16.5. The van der Waals surface area contributed by atoms with Gasteiger partial charge in [0, 0.05) is 5.69 Å². The first-order valence-electron chi connectivity index (χ1n) is 3.92. The normalized spacial score (nSPS) is 10.6. The largest absolute Gasteiger partial charge is 0.334 e. The quantitative estimate of drug-likeness (QED) is 0.624. The van der Waals surface area contributed by atoms with Gasteiger partial charge in [-0.25, -0.2) is 9.98 Å². The van der Waals surface area contributed by atoms with Gasteiger partial charge in [-0.3, -0.25) is 0 Å². The number of aliphatic imine (C=N–C) groups is 1. The van der Waals surface area contributed by atoms with Crippen LogP contribution in [0.5, 0.6) is 0 Å². The molecule has 0 atom stereocenters. The number of aryl methyl sites for hydroxylation is 2. The summed E-state index contributed by atoms with van der Waals surface area (Å²) in [6.07, 6.45) is 0. The van der Waals surface area contributed by atoms with Crippen LogP contribution in [0.3, 0.4) is 0 Å². The van der Waals surface area contributed by atoms with E-state index in [2.05, 4.69) is 21.9 Å². The molecule has 2 aromatic rings. The van der Waals surface area contributed by atoms with E-state index in [1.54, 1.807) is 0 Å². The van der Waals surface area contributed by atoms with Gasteiger partial charge in [0.1, 0.15) is 0 Å². The summed E-state index contributed by atoms with van der Waals surface area (Å²) in [7, 11) is 0. The van der Waals surface area contributed by atoms with Crippen LogP contribution in [-0.2, 0) is 0 Å². The summed E-state index contributed by atoms with van der Waals surface area (Å²) in [5, 5.41) is 4.55. The van der Waals surface area contributed by atoms with Gasteiger partial charge in [-0.15, -0.1) is 0 Å². The zero-order valence-corrected chi connectivity index (χ0v) is 7.53. The zero-order valence-electron chi connectivity index (χ0n) is 7.53. The minimum Gasteiger partial charge on any atom is -0.334 e. The van der Waals surface area contributed by atoms with E-state index >= 15 is 0 Å². The van der Waals surface area contributed by atoms with Gasteiger partial charge < -0.3 is 4.52 Å². The third-order valence-corrected chi connectivity index (χ3v) is 2.04. The molecule has 0 aliphatic rings. The molecule has 0 N–H and O–H groups in total. The molecule has 0 aliphatic heterocycles. The first-order valence-corrected chi connectivity index (χ1v) is 3.92. The maximum atomic E-state index is 4.98. The Kier molecular flexibility index (Phi) is 1.62. The van der Waals surface area contributed by atoms with E-state index in [4.69, 9.17) is 4.52 Å². The molecule has 0 bridgehead atoms. The predicted molar refractivity (Wildman–Crippen MR) is 50.5 cm³/mol. The van der Waals surface area contributed by atoms with Gasteiger partial charge in [0.15, 0.2) is 0 Å². The SMILES string of the molecule is C=Nc1noc2nc(C)c(C)cc12. The average molecular weight is 175 g/mol. The number of pyridine rings is 1. The first-order chi connectivity index (χ1) is 6.22. The van der Waals surface area contributed by atoms with Crippen molar-refractivity contribution in [3.8, 4) is 0 Å². The third kappa shape index (κ3) is 1.11. The Bertz CT molecular complexity index is 473. The lowest BCUT2D eigenvalue weighted by atomic mass is 10.2. The van der Waals surface area contributed by atoms with Crippen LogP contribution in [0.2, 0.25) is 0 Å². The monoisotopic (exact) mass is 175 g/mol. The molecule has 4 heteroatoms. The van der Waals surface area contributed by atoms with Gasteiger partial charge >= 0.3 is 0 Å². The first kappa shape index (κ1) is 7.91. The molecular formula is C9H9N3O. The Morgan fingerprint density at radius 3 is 2.92 bits per heavy atom. The van der Waals surface area contributed by atoms with Gasteiger partial charge in [0.05, 0.1) is 5.39 Å². The van der Waals surface area contributed by atoms with Gasteiger partial charge in [-0.1, -0.05) is 5.16 Å². The standard InChI is InChI=1S/C9H9N3O/c1-5-4-7-8(10-3)12-13-9(7)11-6(5)2/h4H,3H2,1-2H3. The molecular weight excluding hydrogens is 166 g/mol. The van der Waals surface area contributed by atoms with Crippen LogP contribution in [-0.4, -0.2) is 16.9 Å². The molecule has 4 nitrogen and oxygen atoms in total. The summed E-state index contributed by atoms with van der Waals surface area (Å²) in [5.41, 5.74) is 2.56. The molecule has 2 heterocycles. The van der Waals surface area contributed by atoms with Crippen molar-refractivity contribution in [2.24, 2.45) is 4.99 Å². The topological polar surface area (TPSA) is 51.3 Å². The van der Waals surface area contributed by atoms with Crippen LogP contribution < -0.4 is 0 Å². The number of hydrogen-bond donors (Lipinski definition) is 0. The lowest BCUT2D eigenvalue weighted by molar-refractivity contribution is 0.450. The van der Waals surface area contributed by atoms with Gasteiger partial charge in [0.25, 0.3) is 5.71 Å². The van der Waals surface area contributed by atoms with Crippen LogP contribution in [0.25, 0.3) is 11.1 Å². The molecule has 2 rings (SSSR count). The lowest BCUT2D eigenvalue weighted by Gasteiger charge is -1.95. The number of aromatic nitrogens is 2. The molecule has 0 fully saturated rings. The van der Waals surface area contributed by atoms with Crippen LogP contribution in [0.1, 0.15) is 11.3 Å². The van der Waals surface area contributed by atoms with E-state index in [9.17, 15) is 0 Å². The Labute approximate surface area is 75.3 Å². The molecule has 0 amide bonds. The fourth-order valence-electron chi connectivity index (χ4n) is 1.16. The van der Waals surface area contributed by atoms with E-state index < -0.39 is 0 Å². The third-order valence-electron chi connectivity index (χ3n) is 2.04. The van der Waals surface area contributed by atoms with Gasteiger partial charge in [-0.05, 0) is 32.2 Å². The van der Waals surface area contributed by atoms with Crippen molar-refractivity contribution in [3.05, 3.63) is 17.3 Å². The van der Waals surface area contributed by atoms with E-state index in [1.807, 2.05) is 19.9 Å². The van der Waals surface area contributed by atoms with E-state index in [-0.39, 0.29) is 0 Å². The Hall–Kier alpha value is -1.71. The van der Waals surface area contributed by atoms with Crippen molar-refractivity contribution in [1.29, 1.82) is 0 Å². The Morgan fingerprint density at radius 1 is 1.46 bits per heavy atom. The maximum Gasteiger partial charge on any atom is 0.260 e. The number of hydrogen-bond acceptors (Lipinski definition) is 4. The van der Waals surface area contributed by atoms with Gasteiger partial charge in [-0.2, -0.15) is 0 Å². The summed E-state index contributed by atoms with van der Waals surface area (Å²) in [6.45, 7) is 7.32. The van der Waals surface area contributed by atoms with E-state index in [1.165, 1.54) is 0 Å². The minimum atomic E-state index is 0.505. The van der Waals surface area contributed by atoms with Crippen LogP contribution in [0.4, 0.5) is 5.82 Å². The van der Waals surface area contributed by atoms with Crippen molar-refractivity contribution >= 4 is 23.6 Å². The van der Waals surface area contributed by atoms with Crippen LogP contribution in [0.15, 0.2) is 15.6 Å². The highest BCUT2D eigenvalue weighted by Crippen LogP contribution is 2.24. The maximum absolute atomic E-state index is 4.98. The van der Waals surface area contributed by atoms with Crippen molar-refractivity contribution in [3.63, 3.8) is 0 Å². The van der Waals surface area contributed by atoms with E-state index in [0.717, 1.165) is 16.6 Å². The summed E-state index contributed by atoms with van der Waals surface area (Å²) in [5.74, 6) is 0.505. The summed E-state index contributed by atoms with van der Waals surface area (Å²) >= 11 is 0. The zero-order chi connectivity index (χ0) is 9.42. The molecule has 66 valence electrons. The number of rotatable bonds is 1. The summed E-state index contributed by atoms with van der Waals surface area (Å²) < 4.78 is 4.98. The van der Waals surface area contributed by atoms with E-state index in [0.29, 0.717) is 11.5 Å². The second kappa shape index (κ2) is 2.65. The fourth-order valence-corrected chi connectivity index (χ4v) is 1.16. The smallest absolute Gasteiger partial charge is 0.260 e. The van der Waals surface area contributed by atoms with Crippen LogP contribution >= 0.6 is 0 Å². The summed E-state index contributed by atoms with van der Waals surface area (Å²) in [4.78, 5) is 7.96. The molecule has 0 unspecified atom stereocenters. The number of fused-ring (bicyclic) bond motifs is 1. The van der Waals surface area contributed by atoms with Gasteiger partial charge in [0.2, 0.25) is 5.82 Å². The predicted octanol–water partition coefficient (Wildman–Crippen LogP) is 2.17. The fraction of sp³-hybridized carbons (Fsp3) is 0.222. The highest BCUT2D eigenvalue weighted by molar-refractivity contribution is 5.85. The molecule has 0 radical (unpaired) electrons. The second-order valence-corrected chi connectivity index (χ2v) is 2.91. The van der Waals surface area contributed by atoms with Crippen LogP contribution in [0, 0.1) is 13.8 Å². The number of nitrogens with zero attached hydrogens (tertiary/aromatic N) is 3. The van der Waals surface area contributed by atoms with Crippen molar-refractivity contribution < 1.29 is 4.52 Å². The summed E-state index contributed by atoms with van der Waals surface area (Å²) in [6, 6.07) is 1.96. The molecule has 0 saturated carbocycles. The molecule has 13 heavy (non-hydrogen) atoms. The molecule has 0 spiro atoms. The lowest BCUT2D eigenvalue weighted by Crippen LogP contribution is -1.85. The van der Waals surface area contributed by atoms with Crippen molar-refractivity contribution in [2.75, 3.05) is 0 Å². The molecule has 0 aliphatic carbocycles. The second-order valence-electron chi connectivity index (χ2n) is 2.91. The Morgan fingerprint density at radius 2 is 2.23 bits per heavy atom. The van der Waals surface area contributed by atoms with Crippen molar-refractivity contribution in [1.82, 2.24) is 10.1 Å². The highest BCUT2D eigenvalue weighted by Gasteiger charge is 2.08. The molecule has 0 saturated heterocycles. The minimum absolute atomic E-state index is 0.505. The average Bonchev–Trinajstić information content (AvgIpc) is 2.48. The van der Waals surface area contributed by atoms with Crippen molar-refractivity contribution in [2.45, 2.75) is 13.8 Å². The molecule has 0 aromatic carbocycles. The molecule has 2 aromatic heterocycles. The Balaban J connectivity index is 2.84.